The molecule has 4 heterocycles. The number of aryl methyl sites for hydroxylation is 1. The fraction of sp³-hybridized carbons (Fsp3) is 0.750. The van der Waals surface area contributed by atoms with Gasteiger partial charge in [0.15, 0.2) is 5.65 Å². The summed E-state index contributed by atoms with van der Waals surface area (Å²) in [5.41, 5.74) is 0.924. The molecule has 0 spiro atoms. The molecule has 4 rings (SSSR count). The molecular weight excluding hydrogens is 340 g/mol. The number of aliphatic hydroxyl groups is 1. The van der Waals surface area contributed by atoms with Crippen LogP contribution in [0, 0.1) is 5.92 Å². The van der Waals surface area contributed by atoms with Crippen LogP contribution in [-0.2, 0) is 7.05 Å². The highest BCUT2D eigenvalue weighted by molar-refractivity contribution is 5.87. The van der Waals surface area contributed by atoms with Gasteiger partial charge < -0.3 is 10.0 Å². The molecule has 2 saturated heterocycles. The average Bonchev–Trinajstić information content (AvgIpc) is 3.08. The van der Waals surface area contributed by atoms with Crippen molar-refractivity contribution in [2.45, 2.75) is 51.5 Å². The zero-order valence-electron chi connectivity index (χ0n) is 16.8. The predicted molar refractivity (Wildman–Crippen MR) is 107 cm³/mol. The second-order valence-corrected chi connectivity index (χ2v) is 8.47. The van der Waals surface area contributed by atoms with Crippen LogP contribution in [0.1, 0.15) is 51.3 Å². The minimum absolute atomic E-state index is 0.296. The van der Waals surface area contributed by atoms with Gasteiger partial charge in [-0.25, -0.2) is 9.97 Å². The third kappa shape index (κ3) is 3.67. The van der Waals surface area contributed by atoms with E-state index in [0.29, 0.717) is 24.5 Å². The first kappa shape index (κ1) is 18.6. The quantitative estimate of drug-likeness (QED) is 0.887. The van der Waals surface area contributed by atoms with Gasteiger partial charge in [0.1, 0.15) is 11.6 Å². The van der Waals surface area contributed by atoms with Crippen molar-refractivity contribution in [1.29, 1.82) is 0 Å². The van der Waals surface area contributed by atoms with Gasteiger partial charge in [0.25, 0.3) is 0 Å². The Balaban J connectivity index is 1.51. The maximum absolute atomic E-state index is 9.51. The Morgan fingerprint density at radius 2 is 1.93 bits per heavy atom. The van der Waals surface area contributed by atoms with E-state index in [2.05, 4.69) is 28.7 Å². The smallest absolute Gasteiger partial charge is 0.163 e. The van der Waals surface area contributed by atoms with Crippen molar-refractivity contribution < 1.29 is 5.11 Å². The molecule has 0 aliphatic carbocycles. The van der Waals surface area contributed by atoms with Crippen molar-refractivity contribution >= 4 is 16.9 Å². The number of piperidine rings is 2. The summed E-state index contributed by atoms with van der Waals surface area (Å²) in [6.45, 7) is 8.88. The van der Waals surface area contributed by atoms with Crippen molar-refractivity contribution in [3.63, 3.8) is 0 Å². The van der Waals surface area contributed by atoms with Crippen molar-refractivity contribution in [2.24, 2.45) is 13.0 Å². The molecule has 7 heteroatoms. The highest BCUT2D eigenvalue weighted by Gasteiger charge is 2.30. The third-order valence-corrected chi connectivity index (χ3v) is 6.19. The normalized spacial score (nSPS) is 22.9. The lowest BCUT2D eigenvalue weighted by Crippen LogP contribution is -2.49. The monoisotopic (exact) mass is 372 g/mol. The lowest BCUT2D eigenvalue weighted by atomic mass is 9.94. The predicted octanol–water partition coefficient (Wildman–Crippen LogP) is 2.16. The molecule has 1 unspecified atom stereocenters. The highest BCUT2D eigenvalue weighted by atomic mass is 16.3. The Morgan fingerprint density at radius 3 is 2.63 bits per heavy atom. The molecule has 148 valence electrons. The summed E-state index contributed by atoms with van der Waals surface area (Å²) in [5.74, 6) is 2.69. The Labute approximate surface area is 161 Å². The molecule has 0 aromatic carbocycles. The van der Waals surface area contributed by atoms with Gasteiger partial charge in [-0.2, -0.15) is 5.10 Å². The van der Waals surface area contributed by atoms with Gasteiger partial charge >= 0.3 is 0 Å². The highest BCUT2D eigenvalue weighted by Crippen LogP contribution is 2.30. The van der Waals surface area contributed by atoms with Crippen LogP contribution in [-0.4, -0.2) is 68.6 Å². The first-order valence-electron chi connectivity index (χ1n) is 10.4. The second-order valence-electron chi connectivity index (χ2n) is 8.47. The zero-order valence-corrected chi connectivity index (χ0v) is 16.8. The van der Waals surface area contributed by atoms with E-state index in [-0.39, 0.29) is 0 Å². The maximum Gasteiger partial charge on any atom is 0.163 e. The van der Waals surface area contributed by atoms with Gasteiger partial charge in [-0.1, -0.05) is 13.8 Å². The molecule has 0 radical (unpaired) electrons. The summed E-state index contributed by atoms with van der Waals surface area (Å²) in [6, 6.07) is 0.631. The number of aliphatic hydroxyl groups excluding tert-OH is 1. The summed E-state index contributed by atoms with van der Waals surface area (Å²) < 4.78 is 1.85. The molecule has 1 N–H and O–H groups in total. The lowest BCUT2D eigenvalue weighted by Gasteiger charge is -2.42. The van der Waals surface area contributed by atoms with Crippen LogP contribution in [0.5, 0.6) is 0 Å². The summed E-state index contributed by atoms with van der Waals surface area (Å²) in [5, 5.41) is 15.0. The number of hydrogen-bond acceptors (Lipinski definition) is 6. The largest absolute Gasteiger partial charge is 0.396 e. The second kappa shape index (κ2) is 7.72. The number of aromatic nitrogens is 4. The molecule has 7 nitrogen and oxygen atoms in total. The van der Waals surface area contributed by atoms with E-state index in [1.54, 1.807) is 0 Å². The number of anilines is 1. The van der Waals surface area contributed by atoms with Gasteiger partial charge in [0, 0.05) is 45.2 Å². The molecule has 0 bridgehead atoms. The van der Waals surface area contributed by atoms with Gasteiger partial charge in [-0.05, 0) is 38.1 Å². The third-order valence-electron chi connectivity index (χ3n) is 6.19. The number of likely N-dealkylation sites (tertiary alicyclic amines) is 1. The fourth-order valence-corrected chi connectivity index (χ4v) is 4.54. The van der Waals surface area contributed by atoms with E-state index in [1.165, 1.54) is 19.4 Å². The summed E-state index contributed by atoms with van der Waals surface area (Å²) >= 11 is 0. The topological polar surface area (TPSA) is 70.3 Å². The molecule has 0 saturated carbocycles. The van der Waals surface area contributed by atoms with Crippen LogP contribution in [0.2, 0.25) is 0 Å². The standard InChI is InChI=1S/C20H32N6O/c1-14(2)18-22-19-17(11-21-24(19)3)20(23-18)25-9-6-16(7-10-25)26-8-4-5-15(12-26)13-27/h11,14-16,27H,4-10,12-13H2,1-3H3. The molecule has 0 amide bonds. The van der Waals surface area contributed by atoms with Gasteiger partial charge in [-0.15, -0.1) is 0 Å². The van der Waals surface area contributed by atoms with Crippen molar-refractivity contribution in [3.8, 4) is 0 Å². The van der Waals surface area contributed by atoms with Crippen LogP contribution in [0.3, 0.4) is 0 Å². The van der Waals surface area contributed by atoms with Crippen LogP contribution in [0.4, 0.5) is 5.82 Å². The van der Waals surface area contributed by atoms with E-state index in [4.69, 9.17) is 9.97 Å². The Hall–Kier alpha value is -1.73. The average molecular weight is 373 g/mol. The zero-order chi connectivity index (χ0) is 19.0. The molecule has 2 aromatic rings. The van der Waals surface area contributed by atoms with Crippen LogP contribution < -0.4 is 4.90 Å². The summed E-state index contributed by atoms with van der Waals surface area (Å²) in [6.07, 6.45) is 6.59. The molecule has 1 atom stereocenters. The minimum Gasteiger partial charge on any atom is -0.396 e. The minimum atomic E-state index is 0.296. The van der Waals surface area contributed by atoms with E-state index < -0.39 is 0 Å². The number of nitrogens with zero attached hydrogens (tertiary/aromatic N) is 6. The Morgan fingerprint density at radius 1 is 1.15 bits per heavy atom. The lowest BCUT2D eigenvalue weighted by molar-refractivity contribution is 0.0777. The van der Waals surface area contributed by atoms with Crippen LogP contribution in [0.15, 0.2) is 6.20 Å². The number of fused-ring (bicyclic) bond motifs is 1. The van der Waals surface area contributed by atoms with Crippen molar-refractivity contribution in [2.75, 3.05) is 37.7 Å². The molecule has 2 fully saturated rings. The molecule has 2 aliphatic heterocycles. The first-order chi connectivity index (χ1) is 13.1. The van der Waals surface area contributed by atoms with Crippen LogP contribution in [0.25, 0.3) is 11.0 Å². The first-order valence-corrected chi connectivity index (χ1v) is 10.4. The van der Waals surface area contributed by atoms with Gasteiger partial charge in [0.2, 0.25) is 0 Å². The van der Waals surface area contributed by atoms with Crippen molar-refractivity contribution in [1.82, 2.24) is 24.6 Å². The Bertz CT molecular complexity index is 780. The SMILES string of the molecule is CC(C)c1nc(N2CCC(N3CCCC(CO)C3)CC2)c2cnn(C)c2n1. The number of rotatable bonds is 4. The fourth-order valence-electron chi connectivity index (χ4n) is 4.54. The van der Waals surface area contributed by atoms with Gasteiger partial charge in [0.05, 0.1) is 11.6 Å². The Kier molecular flexibility index (Phi) is 5.32. The van der Waals surface area contributed by atoms with Crippen LogP contribution >= 0.6 is 0 Å². The maximum atomic E-state index is 9.51. The molecule has 27 heavy (non-hydrogen) atoms. The molecule has 2 aliphatic rings. The van der Waals surface area contributed by atoms with E-state index >= 15 is 0 Å². The van der Waals surface area contributed by atoms with E-state index in [1.807, 2.05) is 17.9 Å². The molecular formula is C20H32N6O. The van der Waals surface area contributed by atoms with E-state index in [9.17, 15) is 5.11 Å². The number of hydrogen-bond donors (Lipinski definition) is 1. The van der Waals surface area contributed by atoms with Crippen molar-refractivity contribution in [3.05, 3.63) is 12.0 Å². The van der Waals surface area contributed by atoms with E-state index in [0.717, 1.165) is 55.2 Å². The summed E-state index contributed by atoms with van der Waals surface area (Å²) in [4.78, 5) is 14.7. The summed E-state index contributed by atoms with van der Waals surface area (Å²) in [7, 11) is 1.95. The van der Waals surface area contributed by atoms with Gasteiger partial charge in [-0.3, -0.25) is 9.58 Å². The molecule has 2 aromatic heterocycles.